The standard InChI is InChI=1S/C13H18N4O2S/c1-9(14)11-5-4-6-12(7-11)16-20(18,19)13-8-17(3)10(2)15-13/h4-9,16H,14H2,1-3H3. The van der Waals surface area contributed by atoms with Crippen molar-refractivity contribution >= 4 is 15.7 Å². The molecule has 3 N–H and O–H groups in total. The number of aryl methyl sites for hydroxylation is 2. The zero-order valence-electron chi connectivity index (χ0n) is 11.7. The molecule has 0 amide bonds. The number of nitrogens with zero attached hydrogens (tertiary/aromatic N) is 2. The van der Waals surface area contributed by atoms with E-state index in [2.05, 4.69) is 9.71 Å². The van der Waals surface area contributed by atoms with Crippen LogP contribution in [0.1, 0.15) is 24.4 Å². The van der Waals surface area contributed by atoms with E-state index < -0.39 is 10.0 Å². The molecule has 108 valence electrons. The molecule has 0 fully saturated rings. The highest BCUT2D eigenvalue weighted by atomic mass is 32.2. The zero-order valence-corrected chi connectivity index (χ0v) is 12.5. The van der Waals surface area contributed by atoms with Crippen molar-refractivity contribution in [2.24, 2.45) is 12.8 Å². The van der Waals surface area contributed by atoms with E-state index in [0.29, 0.717) is 11.5 Å². The lowest BCUT2D eigenvalue weighted by molar-refractivity contribution is 0.598. The van der Waals surface area contributed by atoms with Crippen molar-refractivity contribution in [3.63, 3.8) is 0 Å². The maximum absolute atomic E-state index is 12.2. The van der Waals surface area contributed by atoms with Crippen LogP contribution in [0, 0.1) is 6.92 Å². The van der Waals surface area contributed by atoms with Crippen LogP contribution >= 0.6 is 0 Å². The van der Waals surface area contributed by atoms with Gasteiger partial charge in [-0.25, -0.2) is 4.98 Å². The van der Waals surface area contributed by atoms with Gasteiger partial charge >= 0.3 is 0 Å². The summed E-state index contributed by atoms with van der Waals surface area (Å²) in [5.41, 5.74) is 7.13. The zero-order chi connectivity index (χ0) is 14.9. The van der Waals surface area contributed by atoms with E-state index in [1.807, 2.05) is 13.0 Å². The Bertz CT molecular complexity index is 700. The average Bonchev–Trinajstić information content (AvgIpc) is 2.70. The normalized spacial score (nSPS) is 13.2. The van der Waals surface area contributed by atoms with Gasteiger partial charge in [-0.05, 0) is 31.5 Å². The summed E-state index contributed by atoms with van der Waals surface area (Å²) in [6.07, 6.45) is 1.48. The lowest BCUT2D eigenvalue weighted by Crippen LogP contribution is -2.14. The molecule has 2 aromatic rings. The molecular formula is C13H18N4O2S. The summed E-state index contributed by atoms with van der Waals surface area (Å²) in [5, 5.41) is 0.00343. The molecular weight excluding hydrogens is 276 g/mol. The van der Waals surface area contributed by atoms with Crippen molar-refractivity contribution in [1.82, 2.24) is 9.55 Å². The molecule has 0 aliphatic heterocycles. The minimum atomic E-state index is -3.68. The highest BCUT2D eigenvalue weighted by molar-refractivity contribution is 7.92. The smallest absolute Gasteiger partial charge is 0.280 e. The van der Waals surface area contributed by atoms with Crippen molar-refractivity contribution < 1.29 is 8.42 Å². The molecule has 0 bridgehead atoms. The molecule has 2 rings (SSSR count). The van der Waals surface area contributed by atoms with Crippen molar-refractivity contribution in [2.45, 2.75) is 24.9 Å². The molecule has 6 nitrogen and oxygen atoms in total. The Hall–Kier alpha value is -1.86. The second-order valence-corrected chi connectivity index (χ2v) is 6.39. The number of benzene rings is 1. The first-order valence-corrected chi connectivity index (χ1v) is 7.66. The van der Waals surface area contributed by atoms with Crippen molar-refractivity contribution in [2.75, 3.05) is 4.72 Å². The molecule has 1 unspecified atom stereocenters. The van der Waals surface area contributed by atoms with Gasteiger partial charge in [0.15, 0.2) is 5.03 Å². The van der Waals surface area contributed by atoms with Gasteiger partial charge in [-0.3, -0.25) is 4.72 Å². The quantitative estimate of drug-likeness (QED) is 0.895. The Kier molecular flexibility index (Phi) is 3.82. The fraction of sp³-hybridized carbons (Fsp3) is 0.308. The van der Waals surface area contributed by atoms with Crippen LogP contribution in [0.3, 0.4) is 0 Å². The predicted octanol–water partition coefficient (Wildman–Crippen LogP) is 1.55. The molecule has 0 saturated carbocycles. The average molecular weight is 294 g/mol. The minimum absolute atomic E-state index is 0.00343. The van der Waals surface area contributed by atoms with E-state index in [-0.39, 0.29) is 11.1 Å². The van der Waals surface area contributed by atoms with E-state index in [9.17, 15) is 8.42 Å². The molecule has 0 radical (unpaired) electrons. The van der Waals surface area contributed by atoms with Gasteiger partial charge in [0.1, 0.15) is 5.82 Å². The molecule has 1 atom stereocenters. The van der Waals surface area contributed by atoms with Crippen LogP contribution < -0.4 is 10.5 Å². The van der Waals surface area contributed by atoms with Crippen LogP contribution in [0.25, 0.3) is 0 Å². The van der Waals surface area contributed by atoms with Gasteiger partial charge in [-0.1, -0.05) is 12.1 Å². The van der Waals surface area contributed by atoms with Crippen molar-refractivity contribution in [1.29, 1.82) is 0 Å². The molecule has 0 aliphatic carbocycles. The largest absolute Gasteiger partial charge is 0.337 e. The second-order valence-electron chi connectivity index (χ2n) is 4.76. The first kappa shape index (κ1) is 14.5. The van der Waals surface area contributed by atoms with E-state index >= 15 is 0 Å². The summed E-state index contributed by atoms with van der Waals surface area (Å²) in [5.74, 6) is 0.634. The molecule has 20 heavy (non-hydrogen) atoms. The molecule has 1 heterocycles. The Morgan fingerprint density at radius 2 is 2.10 bits per heavy atom. The van der Waals surface area contributed by atoms with Gasteiger partial charge in [0.25, 0.3) is 10.0 Å². The maximum Gasteiger partial charge on any atom is 0.280 e. The molecule has 1 aromatic carbocycles. The fourth-order valence-electron chi connectivity index (χ4n) is 1.75. The number of imidazole rings is 1. The highest BCUT2D eigenvalue weighted by Crippen LogP contribution is 2.19. The van der Waals surface area contributed by atoms with Gasteiger partial charge in [-0.15, -0.1) is 0 Å². The number of hydrogen-bond donors (Lipinski definition) is 2. The summed E-state index contributed by atoms with van der Waals surface area (Å²) in [6.45, 7) is 3.59. The highest BCUT2D eigenvalue weighted by Gasteiger charge is 2.18. The fourth-order valence-corrected chi connectivity index (χ4v) is 2.84. The third-order valence-electron chi connectivity index (χ3n) is 3.03. The summed E-state index contributed by atoms with van der Waals surface area (Å²) < 4.78 is 28.6. The van der Waals surface area contributed by atoms with Crippen LogP contribution in [-0.2, 0) is 17.1 Å². The van der Waals surface area contributed by atoms with E-state index in [0.717, 1.165) is 5.56 Å². The SMILES string of the molecule is Cc1nc(S(=O)(=O)Nc2cccc(C(C)N)c2)cn1C. The predicted molar refractivity (Wildman–Crippen MR) is 77.8 cm³/mol. The van der Waals surface area contributed by atoms with Crippen molar-refractivity contribution in [3.05, 3.63) is 41.9 Å². The van der Waals surface area contributed by atoms with Gasteiger partial charge in [-0.2, -0.15) is 8.42 Å². The van der Waals surface area contributed by atoms with Gasteiger partial charge in [0.05, 0.1) is 0 Å². The molecule has 1 aromatic heterocycles. The van der Waals surface area contributed by atoms with Crippen LogP contribution in [0.2, 0.25) is 0 Å². The summed E-state index contributed by atoms with van der Waals surface area (Å²) >= 11 is 0. The van der Waals surface area contributed by atoms with Gasteiger partial charge in [0, 0.05) is 25.0 Å². The Morgan fingerprint density at radius 1 is 1.40 bits per heavy atom. The van der Waals surface area contributed by atoms with Gasteiger partial charge in [0.2, 0.25) is 0 Å². The van der Waals surface area contributed by atoms with Crippen LogP contribution in [0.15, 0.2) is 35.5 Å². The number of rotatable bonds is 4. The molecule has 0 saturated heterocycles. The van der Waals surface area contributed by atoms with Crippen LogP contribution in [0.4, 0.5) is 5.69 Å². The number of anilines is 1. The van der Waals surface area contributed by atoms with E-state index in [1.54, 1.807) is 36.7 Å². The maximum atomic E-state index is 12.2. The molecule has 0 aliphatic rings. The minimum Gasteiger partial charge on any atom is -0.337 e. The van der Waals surface area contributed by atoms with Crippen LogP contribution in [0.5, 0.6) is 0 Å². The molecule has 7 heteroatoms. The van der Waals surface area contributed by atoms with Gasteiger partial charge < -0.3 is 10.3 Å². The van der Waals surface area contributed by atoms with Crippen LogP contribution in [-0.4, -0.2) is 18.0 Å². The third-order valence-corrected chi connectivity index (χ3v) is 4.28. The number of sulfonamides is 1. The topological polar surface area (TPSA) is 90.0 Å². The summed E-state index contributed by atoms with van der Waals surface area (Å²) in [6, 6.07) is 6.86. The number of nitrogens with one attached hydrogen (secondary N) is 1. The lowest BCUT2D eigenvalue weighted by Gasteiger charge is -2.09. The number of nitrogens with two attached hydrogens (primary N) is 1. The number of aromatic nitrogens is 2. The Balaban J connectivity index is 2.31. The first-order chi connectivity index (χ1) is 9.29. The summed E-state index contributed by atoms with van der Waals surface area (Å²) in [4.78, 5) is 4.02. The molecule has 0 spiro atoms. The Labute approximate surface area is 118 Å². The lowest BCUT2D eigenvalue weighted by atomic mass is 10.1. The summed E-state index contributed by atoms with van der Waals surface area (Å²) in [7, 11) is -1.93. The Morgan fingerprint density at radius 3 is 2.65 bits per heavy atom. The van der Waals surface area contributed by atoms with E-state index in [1.165, 1.54) is 6.20 Å². The van der Waals surface area contributed by atoms with E-state index in [4.69, 9.17) is 5.73 Å². The van der Waals surface area contributed by atoms with Crippen molar-refractivity contribution in [3.8, 4) is 0 Å². The first-order valence-electron chi connectivity index (χ1n) is 6.18. The second kappa shape index (κ2) is 5.26. The number of hydrogen-bond acceptors (Lipinski definition) is 4. The third kappa shape index (κ3) is 3.00. The monoisotopic (exact) mass is 294 g/mol.